The maximum atomic E-state index is 6.91. The molecule has 3 fully saturated rings. The lowest BCUT2D eigenvalue weighted by Gasteiger charge is -2.57. The van der Waals surface area contributed by atoms with E-state index in [1.807, 2.05) is 0 Å². The maximum absolute atomic E-state index is 6.91. The number of fused-ring (bicyclic) bond motifs is 5. The average molecular weight is 493 g/mol. The van der Waals surface area contributed by atoms with E-state index in [2.05, 4.69) is 89.5 Å². The fourth-order valence-corrected chi connectivity index (χ4v) is 9.33. The summed E-state index contributed by atoms with van der Waals surface area (Å²) in [6.45, 7) is 17.1. The maximum Gasteiger partial charge on any atom is 0.192 e. The zero-order chi connectivity index (χ0) is 25.1. The van der Waals surface area contributed by atoms with Gasteiger partial charge < -0.3 is 4.43 Å². The SMILES string of the molecule is CC(C)(C)[Si](C)(C)O[C@H]1CC[C@@]2(C)C(=CC[C@@H]3[C@@H]2CC[C@]2(C)/C(=N\Nc4ccccc4)CC[C@@H]32)C1. The third-order valence-electron chi connectivity index (χ3n) is 11.2. The van der Waals surface area contributed by atoms with Crippen molar-refractivity contribution in [3.8, 4) is 0 Å². The van der Waals surface area contributed by atoms with Crippen LogP contribution in [0.25, 0.3) is 0 Å². The molecule has 0 heterocycles. The van der Waals surface area contributed by atoms with Crippen LogP contribution in [0.1, 0.15) is 86.0 Å². The highest BCUT2D eigenvalue weighted by molar-refractivity contribution is 6.74. The van der Waals surface area contributed by atoms with Gasteiger partial charge in [0.05, 0.1) is 5.69 Å². The summed E-state index contributed by atoms with van der Waals surface area (Å²) in [7, 11) is -1.72. The number of nitrogens with one attached hydrogen (secondary N) is 1. The summed E-state index contributed by atoms with van der Waals surface area (Å²) >= 11 is 0. The normalized spacial score (nSPS) is 38.4. The molecule has 0 amide bonds. The van der Waals surface area contributed by atoms with Crippen LogP contribution in [0, 0.1) is 28.6 Å². The molecule has 4 aliphatic carbocycles. The van der Waals surface area contributed by atoms with Crippen molar-refractivity contribution in [2.24, 2.45) is 33.7 Å². The molecule has 0 aromatic heterocycles. The summed E-state index contributed by atoms with van der Waals surface area (Å²) in [6.07, 6.45) is 13.2. The van der Waals surface area contributed by atoms with E-state index < -0.39 is 8.32 Å². The zero-order valence-electron chi connectivity index (χ0n) is 23.3. The summed E-state index contributed by atoms with van der Waals surface area (Å²) in [5.74, 6) is 2.41. The van der Waals surface area contributed by atoms with E-state index in [0.717, 1.165) is 29.9 Å². The molecule has 4 heteroatoms. The molecule has 6 atom stereocenters. The Labute approximate surface area is 215 Å². The van der Waals surface area contributed by atoms with Gasteiger partial charge in [-0.1, -0.05) is 64.5 Å². The van der Waals surface area contributed by atoms with Gasteiger partial charge >= 0.3 is 0 Å². The van der Waals surface area contributed by atoms with Crippen molar-refractivity contribution in [1.29, 1.82) is 0 Å². The average Bonchev–Trinajstić information content (AvgIpc) is 3.14. The molecular weight excluding hydrogens is 444 g/mol. The van der Waals surface area contributed by atoms with Crippen LogP contribution >= 0.6 is 0 Å². The van der Waals surface area contributed by atoms with E-state index in [1.54, 1.807) is 5.57 Å². The van der Waals surface area contributed by atoms with Crippen LogP contribution < -0.4 is 5.43 Å². The molecule has 0 bridgehead atoms. The standard InChI is InChI=1S/C31H48N2OSi/c1-29(2,3)35(6,7)34-24-17-19-30(4)22(21-24)13-14-25-26-15-16-28(31(26,5)20-18-27(25)30)33-32-23-11-9-8-10-12-23/h8-13,24-27,32H,14-21H2,1-7H3/b33-28-/t24-,25-,26-,27-,30-,31-/m0/s1. The molecule has 0 unspecified atom stereocenters. The number of para-hydroxylation sites is 1. The summed E-state index contributed by atoms with van der Waals surface area (Å²) in [6, 6.07) is 10.4. The Bertz CT molecular complexity index is 993. The molecule has 1 aromatic rings. The van der Waals surface area contributed by atoms with Gasteiger partial charge in [0.2, 0.25) is 0 Å². The highest BCUT2D eigenvalue weighted by Crippen LogP contribution is 2.64. The van der Waals surface area contributed by atoms with Crippen molar-refractivity contribution in [2.45, 2.75) is 110 Å². The van der Waals surface area contributed by atoms with Crippen molar-refractivity contribution in [2.75, 3.05) is 5.43 Å². The van der Waals surface area contributed by atoms with Crippen molar-refractivity contribution in [3.63, 3.8) is 0 Å². The first-order chi connectivity index (χ1) is 16.4. The van der Waals surface area contributed by atoms with Gasteiger partial charge in [-0.15, -0.1) is 0 Å². The fraction of sp³-hybridized carbons (Fsp3) is 0.710. The van der Waals surface area contributed by atoms with Crippen LogP contribution in [0.15, 0.2) is 47.1 Å². The first-order valence-corrected chi connectivity index (χ1v) is 17.1. The first kappa shape index (κ1) is 25.3. The Hall–Kier alpha value is -1.39. The second-order valence-corrected chi connectivity index (χ2v) is 18.8. The highest BCUT2D eigenvalue weighted by Gasteiger charge is 2.58. The monoisotopic (exact) mass is 492 g/mol. The molecule has 3 nitrogen and oxygen atoms in total. The molecule has 0 saturated heterocycles. The second kappa shape index (κ2) is 8.87. The largest absolute Gasteiger partial charge is 0.414 e. The molecule has 35 heavy (non-hydrogen) atoms. The van der Waals surface area contributed by atoms with Crippen LogP contribution in [0.3, 0.4) is 0 Å². The third kappa shape index (κ3) is 4.37. The van der Waals surface area contributed by atoms with E-state index in [4.69, 9.17) is 9.53 Å². The predicted molar refractivity (Wildman–Crippen MR) is 151 cm³/mol. The summed E-state index contributed by atoms with van der Waals surface area (Å²) in [4.78, 5) is 0. The fourth-order valence-electron chi connectivity index (χ4n) is 7.94. The Kier molecular flexibility index (Phi) is 6.40. The summed E-state index contributed by atoms with van der Waals surface area (Å²) < 4.78 is 6.91. The van der Waals surface area contributed by atoms with Crippen LogP contribution in [-0.4, -0.2) is 20.1 Å². The number of hydrogen-bond donors (Lipinski definition) is 1. The van der Waals surface area contributed by atoms with Gasteiger partial charge in [0.25, 0.3) is 0 Å². The van der Waals surface area contributed by atoms with Crippen LogP contribution in [-0.2, 0) is 4.43 Å². The smallest absolute Gasteiger partial charge is 0.192 e. The minimum atomic E-state index is -1.72. The summed E-state index contributed by atoms with van der Waals surface area (Å²) in [5.41, 5.74) is 8.24. The Morgan fingerprint density at radius 3 is 2.37 bits per heavy atom. The van der Waals surface area contributed by atoms with Gasteiger partial charge in [0.15, 0.2) is 8.32 Å². The van der Waals surface area contributed by atoms with Crippen LogP contribution in [0.4, 0.5) is 5.69 Å². The minimum Gasteiger partial charge on any atom is -0.414 e. The van der Waals surface area contributed by atoms with Gasteiger partial charge in [-0.25, -0.2) is 0 Å². The van der Waals surface area contributed by atoms with Gasteiger partial charge in [-0.3, -0.25) is 5.43 Å². The number of benzene rings is 1. The third-order valence-corrected chi connectivity index (χ3v) is 15.7. The van der Waals surface area contributed by atoms with E-state index in [-0.39, 0.29) is 10.5 Å². The van der Waals surface area contributed by atoms with E-state index in [1.165, 1.54) is 50.7 Å². The van der Waals surface area contributed by atoms with Gasteiger partial charge in [0.1, 0.15) is 0 Å². The molecule has 0 radical (unpaired) electrons. The number of nitrogens with zero attached hydrogens (tertiary/aromatic N) is 1. The summed E-state index contributed by atoms with van der Waals surface area (Å²) in [5, 5.41) is 5.27. The zero-order valence-corrected chi connectivity index (χ0v) is 24.3. The van der Waals surface area contributed by atoms with Crippen molar-refractivity contribution < 1.29 is 4.43 Å². The van der Waals surface area contributed by atoms with Crippen LogP contribution in [0.2, 0.25) is 18.1 Å². The first-order valence-electron chi connectivity index (χ1n) is 14.2. The molecule has 3 saturated carbocycles. The van der Waals surface area contributed by atoms with Crippen molar-refractivity contribution in [1.82, 2.24) is 0 Å². The van der Waals surface area contributed by atoms with E-state index >= 15 is 0 Å². The molecule has 5 rings (SSSR count). The molecule has 4 aliphatic rings. The minimum absolute atomic E-state index is 0.257. The highest BCUT2D eigenvalue weighted by atomic mass is 28.4. The van der Waals surface area contributed by atoms with Gasteiger partial charge in [-0.05, 0) is 105 Å². The Balaban J connectivity index is 1.32. The Morgan fingerprint density at radius 2 is 1.66 bits per heavy atom. The molecule has 0 aliphatic heterocycles. The second-order valence-electron chi connectivity index (χ2n) is 14.0. The van der Waals surface area contributed by atoms with Crippen LogP contribution in [0.5, 0.6) is 0 Å². The van der Waals surface area contributed by atoms with Gasteiger partial charge in [0, 0.05) is 17.2 Å². The van der Waals surface area contributed by atoms with E-state index in [0.29, 0.717) is 11.5 Å². The molecular formula is C31H48N2OSi. The topological polar surface area (TPSA) is 33.6 Å². The number of hydrogen-bond acceptors (Lipinski definition) is 3. The Morgan fingerprint density at radius 1 is 0.971 bits per heavy atom. The number of rotatable bonds is 4. The number of hydrazone groups is 1. The lowest BCUT2D eigenvalue weighted by atomic mass is 9.48. The lowest BCUT2D eigenvalue weighted by molar-refractivity contribution is -0.0194. The molecule has 0 spiro atoms. The predicted octanol–water partition coefficient (Wildman–Crippen LogP) is 8.81. The number of allylic oxidation sites excluding steroid dienone is 1. The van der Waals surface area contributed by atoms with Crippen molar-refractivity contribution in [3.05, 3.63) is 42.0 Å². The molecule has 1 N–H and O–H groups in total. The lowest BCUT2D eigenvalue weighted by Crippen LogP contribution is -2.52. The quantitative estimate of drug-likeness (QED) is 0.259. The van der Waals surface area contributed by atoms with Crippen molar-refractivity contribution >= 4 is 19.7 Å². The molecule has 192 valence electrons. The van der Waals surface area contributed by atoms with E-state index in [9.17, 15) is 0 Å². The van der Waals surface area contributed by atoms with Gasteiger partial charge in [-0.2, -0.15) is 5.10 Å². The molecule has 1 aromatic carbocycles. The number of anilines is 1.